The standard InChI is InChI=1S/C18H16F3N7O2S/c1-4-31(29,30)13-5-6-15(28-9-23-10(2)26-28)25-16(13)17-24-11-7-14(18(19,20)21)22-8-12(11)27(17)3/h5-9H,4H2,1-3H3. The summed E-state index contributed by atoms with van der Waals surface area (Å²) in [6, 6.07) is 3.68. The highest BCUT2D eigenvalue weighted by molar-refractivity contribution is 7.91. The smallest absolute Gasteiger partial charge is 0.324 e. The molecule has 0 aliphatic carbocycles. The second-order valence-electron chi connectivity index (χ2n) is 6.71. The van der Waals surface area contributed by atoms with Crippen molar-refractivity contribution in [2.45, 2.75) is 24.9 Å². The number of hydrogen-bond donors (Lipinski definition) is 0. The highest BCUT2D eigenvalue weighted by Gasteiger charge is 2.33. The van der Waals surface area contributed by atoms with E-state index in [1.807, 2.05) is 0 Å². The second-order valence-corrected chi connectivity index (χ2v) is 8.95. The Labute approximate surface area is 174 Å². The number of hydrogen-bond acceptors (Lipinski definition) is 7. The minimum atomic E-state index is -4.63. The van der Waals surface area contributed by atoms with Crippen molar-refractivity contribution in [2.75, 3.05) is 5.75 Å². The molecule has 0 bridgehead atoms. The molecule has 4 rings (SSSR count). The first-order valence-electron chi connectivity index (χ1n) is 9.03. The third kappa shape index (κ3) is 3.65. The molecule has 0 radical (unpaired) electrons. The van der Waals surface area contributed by atoms with Crippen molar-refractivity contribution in [1.29, 1.82) is 0 Å². The number of rotatable bonds is 4. The summed E-state index contributed by atoms with van der Waals surface area (Å²) in [5.74, 6) is 0.670. The van der Waals surface area contributed by atoms with Crippen LogP contribution in [0.2, 0.25) is 0 Å². The number of pyridine rings is 2. The lowest BCUT2D eigenvalue weighted by Gasteiger charge is -2.11. The summed E-state index contributed by atoms with van der Waals surface area (Å²) < 4.78 is 67.3. The molecule has 0 aromatic carbocycles. The molecule has 4 aromatic rings. The van der Waals surface area contributed by atoms with Gasteiger partial charge in [-0.2, -0.15) is 18.3 Å². The Kier molecular flexibility index (Phi) is 4.80. The van der Waals surface area contributed by atoms with Gasteiger partial charge in [0, 0.05) is 7.05 Å². The lowest BCUT2D eigenvalue weighted by atomic mass is 10.3. The number of fused-ring (bicyclic) bond motifs is 1. The summed E-state index contributed by atoms with van der Waals surface area (Å²) in [6.45, 7) is 3.17. The maximum absolute atomic E-state index is 13.1. The summed E-state index contributed by atoms with van der Waals surface area (Å²) in [6.07, 6.45) is -2.16. The molecule has 4 heterocycles. The van der Waals surface area contributed by atoms with Crippen LogP contribution >= 0.6 is 0 Å². The van der Waals surface area contributed by atoms with Crippen LogP contribution in [0.15, 0.2) is 35.6 Å². The number of imidazole rings is 1. The first kappa shape index (κ1) is 20.9. The van der Waals surface area contributed by atoms with Crippen LogP contribution in [0.1, 0.15) is 18.4 Å². The predicted octanol–water partition coefficient (Wildman–Crippen LogP) is 2.73. The van der Waals surface area contributed by atoms with Gasteiger partial charge in [-0.05, 0) is 25.1 Å². The van der Waals surface area contributed by atoms with E-state index in [0.29, 0.717) is 11.3 Å². The maximum atomic E-state index is 13.1. The minimum Gasteiger partial charge on any atom is -0.324 e. The van der Waals surface area contributed by atoms with Crippen LogP contribution in [0.25, 0.3) is 28.4 Å². The average Bonchev–Trinajstić information content (AvgIpc) is 3.30. The Morgan fingerprint density at radius 1 is 1.13 bits per heavy atom. The van der Waals surface area contributed by atoms with Crippen LogP contribution in [0, 0.1) is 6.92 Å². The molecular weight excluding hydrogens is 435 g/mol. The van der Waals surface area contributed by atoms with Gasteiger partial charge < -0.3 is 4.57 Å². The van der Waals surface area contributed by atoms with E-state index in [9.17, 15) is 21.6 Å². The van der Waals surface area contributed by atoms with Crippen LogP contribution in [-0.2, 0) is 23.1 Å². The molecule has 0 saturated heterocycles. The van der Waals surface area contributed by atoms with Crippen molar-refractivity contribution in [3.8, 4) is 17.3 Å². The molecule has 31 heavy (non-hydrogen) atoms. The third-order valence-corrected chi connectivity index (χ3v) is 6.43. The van der Waals surface area contributed by atoms with Crippen LogP contribution in [-0.4, -0.2) is 48.5 Å². The van der Waals surface area contributed by atoms with Gasteiger partial charge in [-0.15, -0.1) is 0 Å². The molecule has 162 valence electrons. The molecule has 0 spiro atoms. The second kappa shape index (κ2) is 7.11. The van der Waals surface area contributed by atoms with Crippen molar-refractivity contribution in [3.63, 3.8) is 0 Å². The van der Waals surface area contributed by atoms with Crippen molar-refractivity contribution in [2.24, 2.45) is 7.05 Å². The highest BCUT2D eigenvalue weighted by atomic mass is 32.2. The van der Waals surface area contributed by atoms with E-state index < -0.39 is 21.7 Å². The molecule has 0 amide bonds. The Balaban J connectivity index is 1.99. The topological polar surface area (TPSA) is 108 Å². The lowest BCUT2D eigenvalue weighted by Crippen LogP contribution is -2.11. The Morgan fingerprint density at radius 2 is 1.87 bits per heavy atom. The van der Waals surface area contributed by atoms with E-state index in [1.54, 1.807) is 14.0 Å². The van der Waals surface area contributed by atoms with Crippen molar-refractivity contribution in [3.05, 3.63) is 42.2 Å². The van der Waals surface area contributed by atoms with Gasteiger partial charge in [0.05, 0.1) is 27.9 Å². The molecule has 0 aliphatic heterocycles. The summed E-state index contributed by atoms with van der Waals surface area (Å²) in [5, 5.41) is 4.16. The molecule has 0 fully saturated rings. The monoisotopic (exact) mass is 451 g/mol. The molecule has 4 aromatic heterocycles. The van der Waals surface area contributed by atoms with Gasteiger partial charge >= 0.3 is 6.18 Å². The zero-order valence-corrected chi connectivity index (χ0v) is 17.4. The van der Waals surface area contributed by atoms with Gasteiger partial charge in [-0.3, -0.25) is 0 Å². The molecule has 13 heteroatoms. The number of nitrogens with zero attached hydrogens (tertiary/aromatic N) is 7. The fourth-order valence-electron chi connectivity index (χ4n) is 3.04. The number of alkyl halides is 3. The molecule has 0 atom stereocenters. The van der Waals surface area contributed by atoms with Gasteiger partial charge in [0.25, 0.3) is 0 Å². The van der Waals surface area contributed by atoms with Gasteiger partial charge in [0.15, 0.2) is 21.5 Å². The molecule has 0 N–H and O–H groups in total. The van der Waals surface area contributed by atoms with E-state index in [-0.39, 0.29) is 33.5 Å². The molecular formula is C18H16F3N7O2S. The van der Waals surface area contributed by atoms with Crippen LogP contribution < -0.4 is 0 Å². The average molecular weight is 451 g/mol. The normalized spacial score (nSPS) is 12.6. The van der Waals surface area contributed by atoms with E-state index in [4.69, 9.17) is 0 Å². The first-order valence-corrected chi connectivity index (χ1v) is 10.7. The summed E-state index contributed by atoms with van der Waals surface area (Å²) in [4.78, 5) is 16.1. The van der Waals surface area contributed by atoms with Gasteiger partial charge in [-0.25, -0.2) is 33.0 Å². The Morgan fingerprint density at radius 3 is 2.48 bits per heavy atom. The summed E-state index contributed by atoms with van der Waals surface area (Å²) in [5.41, 5.74) is -0.777. The van der Waals surface area contributed by atoms with E-state index in [1.165, 1.54) is 34.6 Å². The fourth-order valence-corrected chi connectivity index (χ4v) is 4.06. The van der Waals surface area contributed by atoms with Crippen molar-refractivity contribution in [1.82, 2.24) is 34.3 Å². The van der Waals surface area contributed by atoms with Crippen molar-refractivity contribution >= 4 is 20.9 Å². The quantitative estimate of drug-likeness (QED) is 0.469. The summed E-state index contributed by atoms with van der Waals surface area (Å²) >= 11 is 0. The van der Waals surface area contributed by atoms with Gasteiger partial charge in [-0.1, -0.05) is 6.92 Å². The van der Waals surface area contributed by atoms with Crippen molar-refractivity contribution < 1.29 is 21.6 Å². The number of sulfone groups is 1. The Hall–Kier alpha value is -3.35. The third-order valence-electron chi connectivity index (χ3n) is 4.67. The van der Waals surface area contributed by atoms with E-state index in [2.05, 4.69) is 25.0 Å². The largest absolute Gasteiger partial charge is 0.433 e. The highest BCUT2D eigenvalue weighted by Crippen LogP contribution is 2.32. The lowest BCUT2D eigenvalue weighted by molar-refractivity contribution is -0.141. The van der Waals surface area contributed by atoms with Crippen LogP contribution in [0.3, 0.4) is 0 Å². The van der Waals surface area contributed by atoms with Crippen LogP contribution in [0.5, 0.6) is 0 Å². The molecule has 0 saturated carbocycles. The molecule has 0 aliphatic rings. The Bertz CT molecular complexity index is 1410. The van der Waals surface area contributed by atoms with E-state index in [0.717, 1.165) is 12.3 Å². The zero-order chi connectivity index (χ0) is 22.6. The number of aryl methyl sites for hydroxylation is 2. The molecule has 0 unspecified atom stereocenters. The fraction of sp³-hybridized carbons (Fsp3) is 0.278. The maximum Gasteiger partial charge on any atom is 0.433 e. The number of aromatic nitrogens is 7. The number of halogens is 3. The summed E-state index contributed by atoms with van der Waals surface area (Å²) in [7, 11) is -2.16. The first-order chi connectivity index (χ1) is 14.5. The minimum absolute atomic E-state index is 0.000221. The molecule has 9 nitrogen and oxygen atoms in total. The van der Waals surface area contributed by atoms with Crippen LogP contribution in [0.4, 0.5) is 13.2 Å². The zero-order valence-electron chi connectivity index (χ0n) is 16.6. The SMILES string of the molecule is CCS(=O)(=O)c1ccc(-n2cnc(C)n2)nc1-c1nc2cc(C(F)(F)F)ncc2n1C. The van der Waals surface area contributed by atoms with Gasteiger partial charge in [0.1, 0.15) is 23.5 Å². The van der Waals surface area contributed by atoms with Gasteiger partial charge in [0.2, 0.25) is 0 Å². The predicted molar refractivity (Wildman–Crippen MR) is 104 cm³/mol. The van der Waals surface area contributed by atoms with E-state index >= 15 is 0 Å².